The van der Waals surface area contributed by atoms with Crippen molar-refractivity contribution in [1.29, 1.82) is 0 Å². The van der Waals surface area contributed by atoms with Crippen molar-refractivity contribution in [3.63, 3.8) is 0 Å². The first-order valence-corrected chi connectivity index (χ1v) is 10.9. The molecule has 0 aliphatic rings. The van der Waals surface area contributed by atoms with Gasteiger partial charge in [-0.3, -0.25) is 4.55 Å². The standard InChI is InChI=1S/C19H12Cl4O5S/c20-10-8-14(22)17(15(23)9-10)19(29(26,27)28,11-4-1-2-6-13(11)21)12-5-3-7-16(24)18(12)25/h1-9,24-25H,(H,26,27,28). The summed E-state index contributed by atoms with van der Waals surface area (Å²) in [6, 6.07) is 11.9. The Balaban J connectivity index is 2.68. The number of halogens is 4. The summed E-state index contributed by atoms with van der Waals surface area (Å²) in [6.07, 6.45) is 0. The molecule has 152 valence electrons. The Hall–Kier alpha value is -1.67. The first kappa shape index (κ1) is 22.0. The van der Waals surface area contributed by atoms with Crippen molar-refractivity contribution in [2.24, 2.45) is 0 Å². The van der Waals surface area contributed by atoms with E-state index in [9.17, 15) is 23.2 Å². The monoisotopic (exact) mass is 492 g/mol. The van der Waals surface area contributed by atoms with Crippen molar-refractivity contribution in [3.05, 3.63) is 91.4 Å². The summed E-state index contributed by atoms with van der Waals surface area (Å²) in [5.41, 5.74) is -0.836. The van der Waals surface area contributed by atoms with Crippen LogP contribution in [0.1, 0.15) is 16.7 Å². The molecule has 0 radical (unpaired) electrons. The van der Waals surface area contributed by atoms with Crippen LogP contribution in [-0.2, 0) is 14.9 Å². The predicted octanol–water partition coefficient (Wildman–Crippen LogP) is 5.89. The Kier molecular flexibility index (Phi) is 5.98. The summed E-state index contributed by atoms with van der Waals surface area (Å²) in [5.74, 6) is -1.42. The van der Waals surface area contributed by atoms with E-state index in [0.29, 0.717) is 0 Å². The van der Waals surface area contributed by atoms with Gasteiger partial charge in [0.2, 0.25) is 0 Å². The molecule has 1 atom stereocenters. The second kappa shape index (κ2) is 7.87. The minimum Gasteiger partial charge on any atom is -0.504 e. The van der Waals surface area contributed by atoms with Gasteiger partial charge in [-0.1, -0.05) is 76.7 Å². The molecule has 1 unspecified atom stereocenters. The van der Waals surface area contributed by atoms with E-state index >= 15 is 0 Å². The first-order chi connectivity index (χ1) is 13.5. The number of rotatable bonds is 4. The van der Waals surface area contributed by atoms with Crippen LogP contribution in [0.3, 0.4) is 0 Å². The van der Waals surface area contributed by atoms with E-state index < -0.39 is 31.9 Å². The van der Waals surface area contributed by atoms with Crippen LogP contribution in [0.2, 0.25) is 20.1 Å². The van der Waals surface area contributed by atoms with Crippen LogP contribution in [0.15, 0.2) is 54.6 Å². The van der Waals surface area contributed by atoms with E-state index in [1.807, 2.05) is 0 Å². The second-order valence-electron chi connectivity index (χ2n) is 6.05. The highest BCUT2D eigenvalue weighted by molar-refractivity contribution is 7.87. The third-order valence-electron chi connectivity index (χ3n) is 4.39. The van der Waals surface area contributed by atoms with E-state index in [1.165, 1.54) is 42.5 Å². The summed E-state index contributed by atoms with van der Waals surface area (Å²) in [6.45, 7) is 0. The number of aromatic hydroxyl groups is 2. The minimum absolute atomic E-state index is 0.0602. The maximum atomic E-state index is 13.0. The van der Waals surface area contributed by atoms with E-state index in [4.69, 9.17) is 46.4 Å². The van der Waals surface area contributed by atoms with Crippen molar-refractivity contribution in [2.45, 2.75) is 4.75 Å². The van der Waals surface area contributed by atoms with Gasteiger partial charge < -0.3 is 10.2 Å². The molecule has 3 aromatic rings. The van der Waals surface area contributed by atoms with Gasteiger partial charge in [-0.15, -0.1) is 0 Å². The quantitative estimate of drug-likeness (QED) is 0.239. The summed E-state index contributed by atoms with van der Waals surface area (Å²) in [4.78, 5) is 0. The van der Waals surface area contributed by atoms with Crippen molar-refractivity contribution in [1.82, 2.24) is 0 Å². The SMILES string of the molecule is O=S(=O)(O)C(c1ccccc1Cl)(c1cccc(O)c1O)c1c(Cl)cc(Cl)cc1Cl. The lowest BCUT2D eigenvalue weighted by Gasteiger charge is -2.35. The van der Waals surface area contributed by atoms with E-state index in [-0.39, 0.29) is 31.2 Å². The zero-order valence-electron chi connectivity index (χ0n) is 14.3. The maximum absolute atomic E-state index is 13.0. The molecule has 0 saturated carbocycles. The third-order valence-corrected chi connectivity index (χ3v) is 6.95. The molecule has 0 saturated heterocycles. The number of phenolic OH excluding ortho intramolecular Hbond substituents is 2. The highest BCUT2D eigenvalue weighted by Gasteiger charge is 2.53. The largest absolute Gasteiger partial charge is 0.504 e. The number of hydrogen-bond acceptors (Lipinski definition) is 4. The first-order valence-electron chi connectivity index (χ1n) is 7.90. The summed E-state index contributed by atoms with van der Waals surface area (Å²) in [5, 5.41) is 20.2. The average Bonchev–Trinajstić information content (AvgIpc) is 2.60. The van der Waals surface area contributed by atoms with Gasteiger partial charge in [0.1, 0.15) is 0 Å². The fourth-order valence-corrected chi connectivity index (χ4v) is 6.18. The Morgan fingerprint density at radius 3 is 1.86 bits per heavy atom. The Morgan fingerprint density at radius 1 is 0.759 bits per heavy atom. The zero-order chi connectivity index (χ0) is 21.6. The van der Waals surface area contributed by atoms with Crippen LogP contribution < -0.4 is 0 Å². The zero-order valence-corrected chi connectivity index (χ0v) is 18.1. The fraction of sp³-hybridized carbons (Fsp3) is 0.0526. The van der Waals surface area contributed by atoms with Crippen LogP contribution in [0.5, 0.6) is 11.5 Å². The second-order valence-corrected chi connectivity index (χ2v) is 9.27. The Bertz CT molecular complexity index is 1190. The lowest BCUT2D eigenvalue weighted by atomic mass is 9.83. The van der Waals surface area contributed by atoms with Crippen molar-refractivity contribution in [2.75, 3.05) is 0 Å². The molecule has 3 N–H and O–H groups in total. The van der Waals surface area contributed by atoms with Gasteiger partial charge in [-0.2, -0.15) is 8.42 Å². The number of phenols is 2. The van der Waals surface area contributed by atoms with Crippen LogP contribution in [0.25, 0.3) is 0 Å². The normalized spacial score (nSPS) is 13.8. The molecule has 0 aliphatic heterocycles. The fourth-order valence-electron chi connectivity index (χ4n) is 3.26. The molecule has 10 heteroatoms. The Morgan fingerprint density at radius 2 is 1.31 bits per heavy atom. The predicted molar refractivity (Wildman–Crippen MR) is 114 cm³/mol. The van der Waals surface area contributed by atoms with Gasteiger partial charge in [-0.25, -0.2) is 0 Å². The number of para-hydroxylation sites is 1. The summed E-state index contributed by atoms with van der Waals surface area (Å²) < 4.78 is 34.0. The molecule has 0 bridgehead atoms. The molecule has 5 nitrogen and oxygen atoms in total. The minimum atomic E-state index is -5.17. The summed E-state index contributed by atoms with van der Waals surface area (Å²) in [7, 11) is -5.17. The highest BCUT2D eigenvalue weighted by Crippen LogP contribution is 2.54. The van der Waals surface area contributed by atoms with Crippen LogP contribution in [0, 0.1) is 0 Å². The lowest BCUT2D eigenvalue weighted by molar-refractivity contribution is 0.393. The lowest BCUT2D eigenvalue weighted by Crippen LogP contribution is -2.39. The molecule has 0 amide bonds. The highest BCUT2D eigenvalue weighted by atomic mass is 35.5. The molecule has 0 aliphatic carbocycles. The molecule has 29 heavy (non-hydrogen) atoms. The molecule has 0 fully saturated rings. The van der Waals surface area contributed by atoms with Crippen molar-refractivity contribution in [3.8, 4) is 11.5 Å². The van der Waals surface area contributed by atoms with Crippen LogP contribution in [-0.4, -0.2) is 23.2 Å². The van der Waals surface area contributed by atoms with Gasteiger partial charge in [0.25, 0.3) is 10.1 Å². The van der Waals surface area contributed by atoms with Gasteiger partial charge >= 0.3 is 0 Å². The summed E-state index contributed by atoms with van der Waals surface area (Å²) >= 11 is 25.0. The Labute approximate surface area is 186 Å². The van der Waals surface area contributed by atoms with Gasteiger partial charge in [0.05, 0.1) is 0 Å². The number of hydrogen-bond donors (Lipinski definition) is 3. The van der Waals surface area contributed by atoms with E-state index in [2.05, 4.69) is 0 Å². The molecule has 3 rings (SSSR count). The van der Waals surface area contributed by atoms with E-state index in [1.54, 1.807) is 6.07 Å². The van der Waals surface area contributed by atoms with E-state index in [0.717, 1.165) is 6.07 Å². The van der Waals surface area contributed by atoms with Gasteiger partial charge in [0, 0.05) is 36.8 Å². The molecule has 0 spiro atoms. The third kappa shape index (κ3) is 3.54. The average molecular weight is 494 g/mol. The van der Waals surface area contributed by atoms with Gasteiger partial charge in [0.15, 0.2) is 16.2 Å². The molecule has 0 heterocycles. The molecular formula is C19H12Cl4O5S. The van der Waals surface area contributed by atoms with Crippen LogP contribution >= 0.6 is 46.4 Å². The van der Waals surface area contributed by atoms with Crippen LogP contribution in [0.4, 0.5) is 0 Å². The number of benzene rings is 3. The van der Waals surface area contributed by atoms with Gasteiger partial charge in [-0.05, 0) is 24.3 Å². The smallest absolute Gasteiger partial charge is 0.283 e. The maximum Gasteiger partial charge on any atom is 0.283 e. The molecule has 3 aromatic carbocycles. The van der Waals surface area contributed by atoms with Crippen molar-refractivity contribution >= 4 is 56.5 Å². The molecule has 0 aromatic heterocycles. The van der Waals surface area contributed by atoms with Crippen molar-refractivity contribution < 1.29 is 23.2 Å². The topological polar surface area (TPSA) is 94.8 Å². The molecular weight excluding hydrogens is 482 g/mol.